The molecule has 0 amide bonds. The number of fused-ring (bicyclic) bond motifs is 6. The first-order chi connectivity index (χ1) is 15.1. The van der Waals surface area contributed by atoms with Crippen molar-refractivity contribution in [3.63, 3.8) is 0 Å². The van der Waals surface area contributed by atoms with E-state index in [1.165, 1.54) is 26.4 Å². The van der Waals surface area contributed by atoms with Gasteiger partial charge in [-0.2, -0.15) is 0 Å². The number of ether oxygens (including phenoxy) is 1. The molecule has 4 aliphatic rings. The number of aliphatic hydroxyl groups is 1. The first kappa shape index (κ1) is 24.2. The van der Waals surface area contributed by atoms with Gasteiger partial charge >= 0.3 is 5.97 Å². The van der Waals surface area contributed by atoms with Crippen LogP contribution in [0.3, 0.4) is 0 Å². The SMILES string of the molecule is CC[C@@H]1C(=O)C2C(CC[C@@]3(C)C[C@H]2CC[C@@H]3[C@H](C)CCC(=O)OC)[C@@]2(C)CC[C@@H](O)C[C@@H]12. The molecule has 0 spiro atoms. The van der Waals surface area contributed by atoms with Gasteiger partial charge in [0.15, 0.2) is 0 Å². The number of hydrogen-bond donors (Lipinski definition) is 1. The largest absolute Gasteiger partial charge is 0.469 e. The van der Waals surface area contributed by atoms with Gasteiger partial charge in [0.25, 0.3) is 0 Å². The third kappa shape index (κ3) is 3.97. The standard InChI is InChI=1S/C28H46O4/c1-6-20-23-15-19(29)11-14-28(23,4)22-12-13-27(3)16-18(25(22)26(20)31)8-9-21(27)17(2)7-10-24(30)32-5/h17-23,25,29H,6-16H2,1-5H3/t17-,18-,19-,20+,21-,22?,23+,25?,27+,28-/m1/s1. The van der Waals surface area contributed by atoms with Crippen LogP contribution in [0.4, 0.5) is 0 Å². The molecule has 4 saturated carbocycles. The van der Waals surface area contributed by atoms with Crippen LogP contribution in [-0.2, 0) is 14.3 Å². The molecule has 2 unspecified atom stereocenters. The van der Waals surface area contributed by atoms with E-state index in [9.17, 15) is 14.7 Å². The van der Waals surface area contributed by atoms with Gasteiger partial charge in [-0.05, 0) is 105 Å². The predicted molar refractivity (Wildman–Crippen MR) is 126 cm³/mol. The van der Waals surface area contributed by atoms with E-state index < -0.39 is 0 Å². The number of aliphatic hydroxyl groups excluding tert-OH is 1. The highest BCUT2D eigenvalue weighted by atomic mass is 16.5. The lowest BCUT2D eigenvalue weighted by atomic mass is 9.46. The Morgan fingerprint density at radius 1 is 1.16 bits per heavy atom. The van der Waals surface area contributed by atoms with E-state index in [1.54, 1.807) is 0 Å². The molecule has 0 aromatic heterocycles. The Balaban J connectivity index is 1.60. The Bertz CT molecular complexity index is 718. The normalized spacial score (nSPS) is 47.1. The summed E-state index contributed by atoms with van der Waals surface area (Å²) in [6.07, 6.45) is 10.8. The van der Waals surface area contributed by atoms with Crippen LogP contribution in [0.15, 0.2) is 0 Å². The fraction of sp³-hybridized carbons (Fsp3) is 0.929. The van der Waals surface area contributed by atoms with Gasteiger partial charge in [-0.25, -0.2) is 0 Å². The monoisotopic (exact) mass is 446 g/mol. The first-order valence-electron chi connectivity index (χ1n) is 13.4. The number of Topliss-reactive ketones (excluding diaryl/α,β-unsaturated/α-hetero) is 1. The van der Waals surface area contributed by atoms with Crippen LogP contribution < -0.4 is 0 Å². The van der Waals surface area contributed by atoms with Crippen molar-refractivity contribution < 1.29 is 19.4 Å². The van der Waals surface area contributed by atoms with Crippen LogP contribution in [-0.4, -0.2) is 30.1 Å². The molecule has 1 N–H and O–H groups in total. The molecule has 4 fully saturated rings. The molecular formula is C28H46O4. The number of carbonyl (C=O) groups excluding carboxylic acids is 2. The van der Waals surface area contributed by atoms with E-state index in [-0.39, 0.29) is 34.7 Å². The zero-order valence-electron chi connectivity index (χ0n) is 21.1. The zero-order valence-corrected chi connectivity index (χ0v) is 21.1. The van der Waals surface area contributed by atoms with Crippen LogP contribution in [0.5, 0.6) is 0 Å². The molecule has 0 aromatic carbocycles. The zero-order chi connectivity index (χ0) is 23.3. The molecule has 0 heterocycles. The molecule has 182 valence electrons. The summed E-state index contributed by atoms with van der Waals surface area (Å²) in [5.41, 5.74) is 0.455. The summed E-state index contributed by atoms with van der Waals surface area (Å²) >= 11 is 0. The molecular weight excluding hydrogens is 400 g/mol. The first-order valence-corrected chi connectivity index (χ1v) is 13.4. The van der Waals surface area contributed by atoms with Crippen LogP contribution in [0.1, 0.15) is 98.3 Å². The van der Waals surface area contributed by atoms with Gasteiger partial charge in [0, 0.05) is 18.3 Å². The topological polar surface area (TPSA) is 63.6 Å². The van der Waals surface area contributed by atoms with Crippen molar-refractivity contribution in [2.45, 2.75) is 104 Å². The second-order valence-electron chi connectivity index (χ2n) is 12.5. The summed E-state index contributed by atoms with van der Waals surface area (Å²) in [4.78, 5) is 25.7. The Kier molecular flexibility index (Phi) is 6.85. The number of rotatable bonds is 5. The number of hydrogen-bond acceptors (Lipinski definition) is 4. The Morgan fingerprint density at radius 3 is 2.59 bits per heavy atom. The van der Waals surface area contributed by atoms with Crippen LogP contribution >= 0.6 is 0 Å². The minimum atomic E-state index is -0.228. The number of carbonyl (C=O) groups is 2. The van der Waals surface area contributed by atoms with Gasteiger partial charge < -0.3 is 9.84 Å². The van der Waals surface area contributed by atoms with Gasteiger partial charge in [0.1, 0.15) is 5.78 Å². The Morgan fingerprint density at radius 2 is 1.91 bits per heavy atom. The van der Waals surface area contributed by atoms with Crippen molar-refractivity contribution in [2.75, 3.05) is 7.11 Å². The minimum Gasteiger partial charge on any atom is -0.469 e. The molecule has 4 aliphatic carbocycles. The molecule has 2 bridgehead atoms. The van der Waals surface area contributed by atoms with E-state index >= 15 is 0 Å². The Labute approximate surface area is 195 Å². The van der Waals surface area contributed by atoms with Crippen molar-refractivity contribution in [1.29, 1.82) is 0 Å². The maximum absolute atomic E-state index is 13.9. The summed E-state index contributed by atoms with van der Waals surface area (Å²) in [6, 6.07) is 0. The van der Waals surface area contributed by atoms with Crippen LogP contribution in [0, 0.1) is 52.3 Å². The summed E-state index contributed by atoms with van der Waals surface area (Å²) in [7, 11) is 1.48. The maximum Gasteiger partial charge on any atom is 0.305 e. The highest BCUT2D eigenvalue weighted by Crippen LogP contribution is 2.65. The summed E-state index contributed by atoms with van der Waals surface area (Å²) in [6.45, 7) is 9.48. The number of ketones is 1. The molecule has 4 nitrogen and oxygen atoms in total. The summed E-state index contributed by atoms with van der Waals surface area (Å²) < 4.78 is 4.89. The maximum atomic E-state index is 13.9. The van der Waals surface area contributed by atoms with Crippen molar-refractivity contribution in [1.82, 2.24) is 0 Å². The van der Waals surface area contributed by atoms with Gasteiger partial charge in [-0.3, -0.25) is 9.59 Å². The van der Waals surface area contributed by atoms with Crippen LogP contribution in [0.2, 0.25) is 0 Å². The molecule has 0 saturated heterocycles. The van der Waals surface area contributed by atoms with Crippen molar-refractivity contribution in [3.05, 3.63) is 0 Å². The lowest BCUT2D eigenvalue weighted by molar-refractivity contribution is -0.159. The number of esters is 1. The lowest BCUT2D eigenvalue weighted by Crippen LogP contribution is -2.57. The highest BCUT2D eigenvalue weighted by molar-refractivity contribution is 5.85. The predicted octanol–water partition coefficient (Wildman–Crippen LogP) is 5.80. The van der Waals surface area contributed by atoms with E-state index in [2.05, 4.69) is 27.7 Å². The van der Waals surface area contributed by atoms with Gasteiger partial charge in [-0.1, -0.05) is 27.7 Å². The Hall–Kier alpha value is -0.900. The van der Waals surface area contributed by atoms with Gasteiger partial charge in [-0.15, -0.1) is 0 Å². The molecule has 32 heavy (non-hydrogen) atoms. The smallest absolute Gasteiger partial charge is 0.305 e. The minimum absolute atomic E-state index is 0.0998. The summed E-state index contributed by atoms with van der Waals surface area (Å²) in [5.74, 6) is 3.28. The average molecular weight is 447 g/mol. The molecule has 0 aromatic rings. The van der Waals surface area contributed by atoms with Crippen molar-refractivity contribution >= 4 is 11.8 Å². The quantitative estimate of drug-likeness (QED) is 0.542. The molecule has 0 radical (unpaired) electrons. The lowest BCUT2D eigenvalue weighted by Gasteiger charge is -2.58. The van der Waals surface area contributed by atoms with E-state index in [0.29, 0.717) is 41.8 Å². The molecule has 10 atom stereocenters. The third-order valence-corrected chi connectivity index (χ3v) is 11.0. The molecule has 0 aliphatic heterocycles. The fourth-order valence-corrected chi connectivity index (χ4v) is 9.33. The highest BCUT2D eigenvalue weighted by Gasteiger charge is 2.61. The van der Waals surface area contributed by atoms with Crippen molar-refractivity contribution in [3.8, 4) is 0 Å². The van der Waals surface area contributed by atoms with Crippen molar-refractivity contribution in [2.24, 2.45) is 52.3 Å². The number of methoxy groups -OCH3 is 1. The molecule has 4 rings (SSSR count). The average Bonchev–Trinajstić information content (AvgIpc) is 2.88. The fourth-order valence-electron chi connectivity index (χ4n) is 9.33. The van der Waals surface area contributed by atoms with E-state index in [1.807, 2.05) is 0 Å². The van der Waals surface area contributed by atoms with E-state index in [0.717, 1.165) is 44.9 Å². The van der Waals surface area contributed by atoms with Gasteiger partial charge in [0.05, 0.1) is 13.2 Å². The summed E-state index contributed by atoms with van der Waals surface area (Å²) in [5, 5.41) is 10.5. The van der Waals surface area contributed by atoms with Gasteiger partial charge in [0.2, 0.25) is 0 Å². The second-order valence-corrected chi connectivity index (χ2v) is 12.5. The van der Waals surface area contributed by atoms with E-state index in [4.69, 9.17) is 4.74 Å². The third-order valence-electron chi connectivity index (χ3n) is 11.0. The van der Waals surface area contributed by atoms with Crippen LogP contribution in [0.25, 0.3) is 0 Å². The molecule has 4 heteroatoms. The second kappa shape index (κ2) is 9.04.